The number of aromatic nitrogens is 2. The van der Waals surface area contributed by atoms with Crippen molar-refractivity contribution in [2.75, 3.05) is 5.32 Å². The van der Waals surface area contributed by atoms with Crippen molar-refractivity contribution in [1.29, 1.82) is 0 Å². The Kier molecular flexibility index (Phi) is 5.10. The van der Waals surface area contributed by atoms with Gasteiger partial charge in [-0.3, -0.25) is 9.59 Å². The first-order chi connectivity index (χ1) is 10.1. The maximum absolute atomic E-state index is 13.5. The first-order valence-electron chi connectivity index (χ1n) is 6.37. The summed E-state index contributed by atoms with van der Waals surface area (Å²) >= 11 is 1.13. The number of rotatable bonds is 5. The highest BCUT2D eigenvalue weighted by atomic mass is 32.2. The number of halogens is 1. The summed E-state index contributed by atoms with van der Waals surface area (Å²) in [5.41, 5.74) is -0.145. The lowest BCUT2D eigenvalue weighted by Gasteiger charge is -2.14. The number of hydrogen-bond acceptors (Lipinski definition) is 4. The Morgan fingerprint density at radius 1 is 1.43 bits per heavy atom. The quantitative estimate of drug-likeness (QED) is 0.657. The summed E-state index contributed by atoms with van der Waals surface area (Å²) in [6.45, 7) is 1.83. The molecule has 5 nitrogen and oxygen atoms in total. The van der Waals surface area contributed by atoms with Gasteiger partial charge in [-0.15, -0.1) is 0 Å². The van der Waals surface area contributed by atoms with E-state index in [0.717, 1.165) is 11.8 Å². The normalized spacial score (nSPS) is 11.9. The van der Waals surface area contributed by atoms with Crippen molar-refractivity contribution in [2.45, 2.75) is 23.8 Å². The predicted octanol–water partition coefficient (Wildman–Crippen LogP) is 2.42. The Labute approximate surface area is 125 Å². The number of thioether (sulfide) groups is 1. The average Bonchev–Trinajstić information content (AvgIpc) is 2.47. The van der Waals surface area contributed by atoms with Crippen LogP contribution >= 0.6 is 11.8 Å². The monoisotopic (exact) mass is 307 g/mol. The molecule has 0 aliphatic heterocycles. The van der Waals surface area contributed by atoms with E-state index in [-0.39, 0.29) is 17.2 Å². The zero-order valence-corrected chi connectivity index (χ0v) is 12.1. The summed E-state index contributed by atoms with van der Waals surface area (Å²) in [7, 11) is 0. The topological polar surface area (TPSA) is 74.8 Å². The van der Waals surface area contributed by atoms with Gasteiger partial charge in [0.2, 0.25) is 5.91 Å². The number of nitrogens with one attached hydrogen (secondary N) is 2. The van der Waals surface area contributed by atoms with Crippen LogP contribution in [-0.4, -0.2) is 21.1 Å². The van der Waals surface area contributed by atoms with Gasteiger partial charge in [0.25, 0.3) is 5.56 Å². The summed E-state index contributed by atoms with van der Waals surface area (Å²) in [5, 5.41) is 2.42. The Morgan fingerprint density at radius 3 is 2.86 bits per heavy atom. The van der Waals surface area contributed by atoms with Crippen molar-refractivity contribution in [3.8, 4) is 0 Å². The molecule has 0 aliphatic rings. The fraction of sp³-hybridized carbons (Fsp3) is 0.214. The number of hydrogen-bond donors (Lipinski definition) is 2. The molecule has 7 heteroatoms. The van der Waals surface area contributed by atoms with Gasteiger partial charge in [-0.25, -0.2) is 9.37 Å². The number of H-pyrrole nitrogens is 1. The van der Waals surface area contributed by atoms with Crippen LogP contribution in [0.15, 0.2) is 46.5 Å². The largest absolute Gasteiger partial charge is 0.323 e. The summed E-state index contributed by atoms with van der Waals surface area (Å²) in [5.74, 6) is -0.823. The first-order valence-corrected chi connectivity index (χ1v) is 7.25. The number of para-hydroxylation sites is 1. The zero-order valence-electron chi connectivity index (χ0n) is 11.3. The van der Waals surface area contributed by atoms with E-state index in [0.29, 0.717) is 11.6 Å². The zero-order chi connectivity index (χ0) is 15.2. The van der Waals surface area contributed by atoms with Crippen molar-refractivity contribution in [3.05, 3.63) is 52.7 Å². The first kappa shape index (κ1) is 15.2. The summed E-state index contributed by atoms with van der Waals surface area (Å²) in [4.78, 5) is 29.9. The average molecular weight is 307 g/mol. The summed E-state index contributed by atoms with van der Waals surface area (Å²) in [6.07, 6.45) is 1.90. The molecule has 110 valence electrons. The Balaban J connectivity index is 2.09. The maximum atomic E-state index is 13.5. The molecule has 1 aromatic carbocycles. The molecule has 0 saturated heterocycles. The molecule has 0 spiro atoms. The van der Waals surface area contributed by atoms with E-state index < -0.39 is 11.1 Å². The number of amides is 1. The molecule has 0 aliphatic carbocycles. The third-order valence-corrected chi connectivity index (χ3v) is 3.96. The molecular weight excluding hydrogens is 293 g/mol. The fourth-order valence-electron chi connectivity index (χ4n) is 1.64. The fourth-order valence-corrected chi connectivity index (χ4v) is 2.53. The number of benzene rings is 1. The summed E-state index contributed by atoms with van der Waals surface area (Å²) < 4.78 is 13.5. The molecule has 2 rings (SSSR count). The van der Waals surface area contributed by atoms with Gasteiger partial charge in [0.15, 0.2) is 5.16 Å². The second-order valence-corrected chi connectivity index (χ2v) is 5.41. The molecule has 0 saturated carbocycles. The van der Waals surface area contributed by atoms with Crippen molar-refractivity contribution >= 4 is 23.4 Å². The van der Waals surface area contributed by atoms with Crippen LogP contribution in [0.5, 0.6) is 0 Å². The van der Waals surface area contributed by atoms with E-state index in [2.05, 4.69) is 15.3 Å². The van der Waals surface area contributed by atoms with Crippen molar-refractivity contribution < 1.29 is 9.18 Å². The Bertz CT molecular complexity index is 690. The van der Waals surface area contributed by atoms with E-state index in [4.69, 9.17) is 0 Å². The highest BCUT2D eigenvalue weighted by Gasteiger charge is 2.20. The molecule has 0 radical (unpaired) electrons. The smallest absolute Gasteiger partial charge is 0.251 e. The molecule has 1 atom stereocenters. The van der Waals surface area contributed by atoms with Crippen molar-refractivity contribution in [3.63, 3.8) is 0 Å². The van der Waals surface area contributed by atoms with Crippen LogP contribution in [0.25, 0.3) is 0 Å². The second kappa shape index (κ2) is 7.03. The lowest BCUT2D eigenvalue weighted by Crippen LogP contribution is -2.25. The van der Waals surface area contributed by atoms with Crippen LogP contribution in [0.1, 0.15) is 13.3 Å². The van der Waals surface area contributed by atoms with Crippen LogP contribution < -0.4 is 10.9 Å². The van der Waals surface area contributed by atoms with Crippen molar-refractivity contribution in [2.24, 2.45) is 0 Å². The standard InChI is InChI=1S/C14H14FN3O2S/c1-2-11(21-14-16-8-7-12(19)18-14)13(20)17-10-6-4-3-5-9(10)15/h3-8,11H,2H2,1H3,(H,17,20)(H,16,18,19). The number of carbonyl (C=O) groups is 1. The van der Waals surface area contributed by atoms with E-state index in [1.165, 1.54) is 24.4 Å². The van der Waals surface area contributed by atoms with Crippen LogP contribution in [0, 0.1) is 5.82 Å². The highest BCUT2D eigenvalue weighted by molar-refractivity contribution is 8.00. The third kappa shape index (κ3) is 4.16. The molecule has 0 fully saturated rings. The minimum atomic E-state index is -0.489. The molecule has 1 heterocycles. The Morgan fingerprint density at radius 2 is 2.19 bits per heavy atom. The third-order valence-electron chi connectivity index (χ3n) is 2.70. The molecule has 21 heavy (non-hydrogen) atoms. The Hall–Kier alpha value is -2.15. The van der Waals surface area contributed by atoms with Gasteiger partial charge >= 0.3 is 0 Å². The van der Waals surface area contributed by atoms with Gasteiger partial charge in [-0.2, -0.15) is 0 Å². The molecule has 2 aromatic rings. The van der Waals surface area contributed by atoms with Crippen LogP contribution in [0.4, 0.5) is 10.1 Å². The van der Waals surface area contributed by atoms with Crippen LogP contribution in [0.2, 0.25) is 0 Å². The van der Waals surface area contributed by atoms with Gasteiger partial charge in [-0.05, 0) is 18.6 Å². The van der Waals surface area contributed by atoms with Crippen LogP contribution in [-0.2, 0) is 4.79 Å². The number of carbonyl (C=O) groups excluding carboxylic acids is 1. The number of nitrogens with zero attached hydrogens (tertiary/aromatic N) is 1. The number of aromatic amines is 1. The lowest BCUT2D eigenvalue weighted by molar-refractivity contribution is -0.115. The maximum Gasteiger partial charge on any atom is 0.251 e. The van der Waals surface area contributed by atoms with E-state index in [1.54, 1.807) is 12.1 Å². The van der Waals surface area contributed by atoms with Gasteiger partial charge in [0, 0.05) is 12.3 Å². The van der Waals surface area contributed by atoms with Gasteiger partial charge in [-0.1, -0.05) is 30.8 Å². The highest BCUT2D eigenvalue weighted by Crippen LogP contribution is 2.23. The van der Waals surface area contributed by atoms with E-state index in [1.807, 2.05) is 6.92 Å². The second-order valence-electron chi connectivity index (χ2n) is 4.22. The molecule has 2 N–H and O–H groups in total. The van der Waals surface area contributed by atoms with Gasteiger partial charge in [0.05, 0.1) is 10.9 Å². The predicted molar refractivity (Wildman–Crippen MR) is 79.8 cm³/mol. The number of anilines is 1. The van der Waals surface area contributed by atoms with Gasteiger partial charge < -0.3 is 10.3 Å². The minimum absolute atomic E-state index is 0.135. The van der Waals surface area contributed by atoms with Crippen molar-refractivity contribution in [1.82, 2.24) is 9.97 Å². The van der Waals surface area contributed by atoms with E-state index >= 15 is 0 Å². The minimum Gasteiger partial charge on any atom is -0.323 e. The van der Waals surface area contributed by atoms with E-state index in [9.17, 15) is 14.0 Å². The van der Waals surface area contributed by atoms with Gasteiger partial charge in [0.1, 0.15) is 5.82 Å². The molecule has 1 unspecified atom stereocenters. The molecular formula is C14H14FN3O2S. The molecule has 1 aromatic heterocycles. The SMILES string of the molecule is CCC(Sc1nccc(=O)[nH]1)C(=O)Nc1ccccc1F. The molecule has 0 bridgehead atoms. The van der Waals surface area contributed by atoms with Crippen LogP contribution in [0.3, 0.4) is 0 Å². The lowest BCUT2D eigenvalue weighted by atomic mass is 10.2. The molecule has 1 amide bonds. The summed E-state index contributed by atoms with van der Waals surface area (Å²) in [6, 6.07) is 7.26.